The lowest BCUT2D eigenvalue weighted by Gasteiger charge is -2.37. The van der Waals surface area contributed by atoms with E-state index in [2.05, 4.69) is 44.3 Å². The molecule has 4 heterocycles. The fraction of sp³-hybridized carbons (Fsp3) is 0.410. The van der Waals surface area contributed by atoms with Crippen LogP contribution < -0.4 is 37.2 Å². The van der Waals surface area contributed by atoms with E-state index in [9.17, 15) is 9.59 Å². The molecule has 3 atom stereocenters. The summed E-state index contributed by atoms with van der Waals surface area (Å²) in [4.78, 5) is 29.2. The molecule has 3 aromatic carbocycles. The average molecular weight is 844 g/mol. The van der Waals surface area contributed by atoms with Gasteiger partial charge in [-0.3, -0.25) is 0 Å². The van der Waals surface area contributed by atoms with Crippen LogP contribution in [0.4, 0.5) is 16.2 Å². The van der Waals surface area contributed by atoms with Crippen molar-refractivity contribution in [1.82, 2.24) is 24.1 Å². The Hall–Kier alpha value is -4.80. The van der Waals surface area contributed by atoms with Crippen LogP contribution in [-0.4, -0.2) is 82.4 Å². The molecule has 0 bridgehead atoms. The highest BCUT2D eigenvalue weighted by Gasteiger charge is 2.47. The predicted octanol–water partition coefficient (Wildman–Crippen LogP) is 2.60. The van der Waals surface area contributed by atoms with Gasteiger partial charge in [0.05, 0.1) is 30.0 Å². The third-order valence-electron chi connectivity index (χ3n) is 9.91. The molecular weight excluding hydrogens is 799 g/mol. The molecule has 15 nitrogen and oxygen atoms in total. The van der Waals surface area contributed by atoms with Crippen molar-refractivity contribution in [2.24, 2.45) is 0 Å². The van der Waals surface area contributed by atoms with Gasteiger partial charge in [-0.15, -0.1) is 4.68 Å². The van der Waals surface area contributed by atoms with Gasteiger partial charge < -0.3 is 45.9 Å². The summed E-state index contributed by atoms with van der Waals surface area (Å²) >= 11 is 12.9. The summed E-state index contributed by atoms with van der Waals surface area (Å²) in [6.07, 6.45) is 4.43. The number of halogens is 3. The molecule has 0 amide bonds. The second kappa shape index (κ2) is 18.6. The zero-order valence-electron chi connectivity index (χ0n) is 31.9. The number of hydrogen-bond donors (Lipinski definition) is 0. The molecule has 2 aromatic heterocycles. The van der Waals surface area contributed by atoms with Crippen LogP contribution in [0, 0.1) is 0 Å². The number of carbonyl (C=O) groups excluding carboxylic acids is 1. The van der Waals surface area contributed by atoms with Crippen LogP contribution in [0.2, 0.25) is 10.0 Å². The van der Waals surface area contributed by atoms with E-state index in [-0.39, 0.29) is 57.2 Å². The van der Waals surface area contributed by atoms with Gasteiger partial charge in [-0.1, -0.05) is 36.2 Å². The maximum atomic E-state index is 12.8. The zero-order chi connectivity index (χ0) is 39.2. The van der Waals surface area contributed by atoms with E-state index in [1.165, 1.54) is 11.0 Å². The Morgan fingerprint density at radius 2 is 1.61 bits per heavy atom. The van der Waals surface area contributed by atoms with Crippen molar-refractivity contribution in [3.63, 3.8) is 0 Å². The zero-order valence-corrected chi connectivity index (χ0v) is 34.1. The van der Waals surface area contributed by atoms with Crippen LogP contribution in [0.15, 0.2) is 90.5 Å². The SMILES string of the molecule is CCOC(=O)OC[n+]1cnn(CC2(c3ccc(Cl)cc3Cl)OCC(COc3ccc(N4CCN(c5ccc(-n6cnn(C(C)CC)c6=O)cc5)CC4)cc3)O2)c1.[Cl-]. The van der Waals surface area contributed by atoms with E-state index in [0.29, 0.717) is 21.4 Å². The number of aromatic nitrogens is 6. The molecule has 0 N–H and O–H groups in total. The number of rotatable bonds is 14. The lowest BCUT2D eigenvalue weighted by atomic mass is 10.1. The number of piperazine rings is 1. The molecule has 18 heteroatoms. The lowest BCUT2D eigenvalue weighted by molar-refractivity contribution is -0.728. The topological polar surface area (TPSA) is 131 Å². The van der Waals surface area contributed by atoms with Crippen LogP contribution in [0.1, 0.15) is 38.8 Å². The maximum absolute atomic E-state index is 12.8. The van der Waals surface area contributed by atoms with Gasteiger partial charge in [0.1, 0.15) is 24.8 Å². The summed E-state index contributed by atoms with van der Waals surface area (Å²) in [5.41, 5.74) is 3.51. The first-order valence-electron chi connectivity index (χ1n) is 18.6. The minimum atomic E-state index is -1.29. The molecule has 0 spiro atoms. The van der Waals surface area contributed by atoms with E-state index < -0.39 is 18.0 Å². The van der Waals surface area contributed by atoms with Gasteiger partial charge in [0.15, 0.2) is 6.54 Å². The Balaban J connectivity index is 0.00000549. The standard InChI is InChI=1S/C39H45Cl2N8O7.ClH/c1-4-28(3)49-37(50)48(25-43-49)32-9-7-30(8-10-32)45-16-18-46(19-17-45)31-11-13-33(14-12-31)53-21-34-22-55-39(56-34,35-15-6-29(40)20-36(35)41)23-47-26-44(24-42-47)27-54-38(51)52-5-2;/h6-15,20,24-26,28,34H,4-5,16-19,21-23,27H2,1-3H3;1H/q+1;/p-1. The predicted molar refractivity (Wildman–Crippen MR) is 209 cm³/mol. The number of anilines is 2. The third-order valence-corrected chi connectivity index (χ3v) is 10.5. The normalized spacial score (nSPS) is 18.6. The Bertz CT molecular complexity index is 2160. The second-order valence-electron chi connectivity index (χ2n) is 13.6. The number of carbonyl (C=O) groups is 1. The molecule has 2 aliphatic rings. The quantitative estimate of drug-likeness (QED) is 0.121. The Kier molecular flexibility index (Phi) is 13.7. The fourth-order valence-electron chi connectivity index (χ4n) is 6.72. The molecule has 5 aromatic rings. The first-order valence-corrected chi connectivity index (χ1v) is 19.4. The summed E-state index contributed by atoms with van der Waals surface area (Å²) in [6, 6.07) is 21.3. The van der Waals surface area contributed by atoms with Crippen molar-refractivity contribution in [3.8, 4) is 11.4 Å². The second-order valence-corrected chi connectivity index (χ2v) is 14.5. The molecule has 2 fully saturated rings. The lowest BCUT2D eigenvalue weighted by Crippen LogP contribution is -3.00. The Morgan fingerprint density at radius 3 is 2.26 bits per heavy atom. The molecule has 57 heavy (non-hydrogen) atoms. The summed E-state index contributed by atoms with van der Waals surface area (Å²) < 4.78 is 35.3. The maximum Gasteiger partial charge on any atom is 0.510 e. The first-order chi connectivity index (χ1) is 27.1. The minimum absolute atomic E-state index is 0. The molecule has 0 radical (unpaired) electrons. The summed E-state index contributed by atoms with van der Waals surface area (Å²) in [7, 11) is 0. The highest BCUT2D eigenvalue weighted by molar-refractivity contribution is 6.35. The Labute approximate surface area is 346 Å². The number of nitrogens with zero attached hydrogens (tertiary/aromatic N) is 8. The van der Waals surface area contributed by atoms with Crippen molar-refractivity contribution in [1.29, 1.82) is 0 Å². The van der Waals surface area contributed by atoms with E-state index in [1.54, 1.807) is 51.6 Å². The van der Waals surface area contributed by atoms with Crippen molar-refractivity contribution in [2.45, 2.75) is 58.4 Å². The van der Waals surface area contributed by atoms with Gasteiger partial charge in [-0.05, 0) is 80.9 Å². The van der Waals surface area contributed by atoms with Gasteiger partial charge >= 0.3 is 11.8 Å². The fourth-order valence-corrected chi connectivity index (χ4v) is 7.28. The van der Waals surface area contributed by atoms with Gasteiger partial charge in [-0.2, -0.15) is 5.10 Å². The van der Waals surface area contributed by atoms with Crippen molar-refractivity contribution in [2.75, 3.05) is 55.8 Å². The molecule has 3 unspecified atom stereocenters. The third kappa shape index (κ3) is 9.67. The molecular formula is C39H45Cl3N8O7. The highest BCUT2D eigenvalue weighted by atomic mass is 35.5. The van der Waals surface area contributed by atoms with Gasteiger partial charge in [0.25, 0.3) is 6.33 Å². The van der Waals surface area contributed by atoms with Crippen molar-refractivity contribution < 1.29 is 45.5 Å². The number of benzene rings is 3. The van der Waals surface area contributed by atoms with Crippen LogP contribution in [0.25, 0.3) is 5.69 Å². The smallest absolute Gasteiger partial charge is 0.510 e. The van der Waals surface area contributed by atoms with Crippen molar-refractivity contribution in [3.05, 3.63) is 112 Å². The van der Waals surface area contributed by atoms with Gasteiger partial charge in [0.2, 0.25) is 18.8 Å². The Morgan fingerprint density at radius 1 is 0.947 bits per heavy atom. The van der Waals surface area contributed by atoms with Crippen LogP contribution >= 0.6 is 23.2 Å². The number of ether oxygens (including phenoxy) is 5. The molecule has 304 valence electrons. The molecule has 2 aliphatic heterocycles. The summed E-state index contributed by atoms with van der Waals surface area (Å²) in [5.74, 6) is -0.576. The van der Waals surface area contributed by atoms with E-state index in [4.69, 9.17) is 46.9 Å². The van der Waals surface area contributed by atoms with Crippen LogP contribution in [0.5, 0.6) is 5.75 Å². The first kappa shape index (κ1) is 41.8. The van der Waals surface area contributed by atoms with E-state index >= 15 is 0 Å². The largest absolute Gasteiger partial charge is 1.00 e. The minimum Gasteiger partial charge on any atom is -1.00 e. The van der Waals surface area contributed by atoms with Crippen LogP contribution in [-0.2, 0) is 38.0 Å². The van der Waals surface area contributed by atoms with E-state index in [1.807, 2.05) is 38.1 Å². The van der Waals surface area contributed by atoms with Gasteiger partial charge in [-0.25, -0.2) is 23.4 Å². The molecule has 0 saturated carbocycles. The summed E-state index contributed by atoms with van der Waals surface area (Å²) in [5, 5.41) is 9.57. The summed E-state index contributed by atoms with van der Waals surface area (Å²) in [6.45, 7) is 9.97. The van der Waals surface area contributed by atoms with Gasteiger partial charge in [0, 0.05) is 53.2 Å². The molecule has 7 rings (SSSR count). The van der Waals surface area contributed by atoms with Crippen molar-refractivity contribution >= 4 is 40.7 Å². The number of hydrogen-bond acceptors (Lipinski definition) is 11. The average Bonchev–Trinajstić information content (AvgIpc) is 3.95. The molecule has 0 aliphatic carbocycles. The van der Waals surface area contributed by atoms with Crippen LogP contribution in [0.3, 0.4) is 0 Å². The van der Waals surface area contributed by atoms with E-state index in [0.717, 1.165) is 49.7 Å². The monoisotopic (exact) mass is 842 g/mol. The molecule has 2 saturated heterocycles. The highest BCUT2D eigenvalue weighted by Crippen LogP contribution is 2.40.